The van der Waals surface area contributed by atoms with Gasteiger partial charge in [0.15, 0.2) is 0 Å². The highest BCUT2D eigenvalue weighted by Crippen LogP contribution is 2.26. The molecule has 26 nitrogen and oxygen atoms in total. The molecule has 0 radical (unpaired) electrons. The van der Waals surface area contributed by atoms with Crippen LogP contribution in [0.5, 0.6) is 0 Å². The Bertz CT molecular complexity index is 2860. The number of aliphatic hydroxyl groups is 1. The van der Waals surface area contributed by atoms with Crippen LogP contribution in [0.1, 0.15) is 160 Å². The molecule has 1 aliphatic heterocycles. The summed E-state index contributed by atoms with van der Waals surface area (Å²) in [7, 11) is 9.78. The first-order valence-electron chi connectivity index (χ1n) is 34.4. The van der Waals surface area contributed by atoms with Gasteiger partial charge in [-0.05, 0) is 106 Å². The Balaban J connectivity index is 2.92. The van der Waals surface area contributed by atoms with Gasteiger partial charge in [-0.1, -0.05) is 139 Å². The van der Waals surface area contributed by atoms with Crippen LogP contribution in [0, 0.1) is 48.3 Å². The Morgan fingerprint density at radius 2 is 0.979 bits per heavy atom. The Kier molecular flexibility index (Phi) is 35.0. The standard InChI is InChI=1S/C71H120N12O14/c1-25-51-66(91)77(18)39-56(84)78(19)52(34-40(2)3)63(88)76-57(44(10)11)69(94)79(20)53(35-41(4)5)62(87)73-48(16)61(86)74-49(17)65(90)80(21)54(36-42(6)7)67(92)81(22)55(37-43(8)9)68(93)82(23)58(45(12)13)70(95)83(24)59(64(89)75-51)60(85)47(15)28-26-27-33-97-71(96)72-38-50-31-29-46(14)30-32-50/h26-27,29-32,40-45,47-49,51-55,57-60,85H,25,28,33-39H2,1-24H3,(H,72,96)(H,73,87)(H,74,86)(H,75,89)(H,76,88)/b27-26+/t47-,48+,49-,51+,52?,53+,54-,55+,57+,58+,59?,60-/m1/s1. The van der Waals surface area contributed by atoms with Crippen LogP contribution in [-0.2, 0) is 64.0 Å². The van der Waals surface area contributed by atoms with E-state index < -0.39 is 162 Å². The summed E-state index contributed by atoms with van der Waals surface area (Å²) in [5.74, 6) is -10.4. The number of nitrogens with one attached hydrogen (secondary N) is 5. The van der Waals surface area contributed by atoms with Gasteiger partial charge in [-0.25, -0.2) is 4.79 Å². The number of carbonyl (C=O) groups is 12. The number of hydrogen-bond acceptors (Lipinski definition) is 14. The number of benzene rings is 1. The van der Waals surface area contributed by atoms with Crippen LogP contribution in [0.25, 0.3) is 0 Å². The predicted octanol–water partition coefficient (Wildman–Crippen LogP) is 4.48. The van der Waals surface area contributed by atoms with E-state index in [4.69, 9.17) is 4.74 Å². The summed E-state index contributed by atoms with van der Waals surface area (Å²) in [6.07, 6.45) is 1.49. The molecule has 1 fully saturated rings. The SMILES string of the molecule is CC[C@@H]1NC(=O)C([C@H](O)[C@H](C)C/C=C/COC(=O)NCc2ccc(C)cc2)N(C)C(=O)[C@H](C(C)C)N(C)C(=O)[C@H](CC(C)C)N(C)C(=O)[C@@H](CC(C)C)N(C)C(=O)[C@@H](C)NC(=O)[C@H](C)NC(=O)[C@H](CC(C)C)N(C)C(=O)[C@H](C(C)C)NC(=O)C(CC(C)C)N(C)C(=O)CN(C)C1=O. The van der Waals surface area contributed by atoms with Gasteiger partial charge in [-0.2, -0.15) is 0 Å². The molecule has 26 heteroatoms. The predicted molar refractivity (Wildman–Crippen MR) is 372 cm³/mol. The summed E-state index contributed by atoms with van der Waals surface area (Å²) in [5, 5.41) is 26.1. The van der Waals surface area contributed by atoms with Crippen molar-refractivity contribution in [1.82, 2.24) is 60.9 Å². The third-order valence-corrected chi connectivity index (χ3v) is 17.9. The van der Waals surface area contributed by atoms with Crippen molar-refractivity contribution in [2.24, 2.45) is 41.4 Å². The third-order valence-electron chi connectivity index (χ3n) is 17.9. The third kappa shape index (κ3) is 25.3. The number of ether oxygens (including phenoxy) is 1. The molecule has 97 heavy (non-hydrogen) atoms. The fourth-order valence-corrected chi connectivity index (χ4v) is 11.8. The smallest absolute Gasteiger partial charge is 0.407 e. The molecular formula is C71H120N12O14. The zero-order chi connectivity index (χ0) is 74.4. The zero-order valence-corrected chi connectivity index (χ0v) is 62.6. The first-order chi connectivity index (χ1) is 45.0. The lowest BCUT2D eigenvalue weighted by atomic mass is 9.91. The molecule has 2 unspecified atom stereocenters. The molecule has 12 amide bonds. The lowest BCUT2D eigenvalue weighted by molar-refractivity contribution is -0.157. The van der Waals surface area contributed by atoms with E-state index in [1.165, 1.54) is 87.7 Å². The van der Waals surface area contributed by atoms with Crippen molar-refractivity contribution in [3.05, 3.63) is 47.5 Å². The fourth-order valence-electron chi connectivity index (χ4n) is 11.8. The van der Waals surface area contributed by atoms with Gasteiger partial charge in [0, 0.05) is 55.9 Å². The Morgan fingerprint density at radius 3 is 1.47 bits per heavy atom. The molecule has 6 N–H and O–H groups in total. The summed E-state index contributed by atoms with van der Waals surface area (Å²) in [4.78, 5) is 183. The van der Waals surface area contributed by atoms with Crippen LogP contribution in [-0.4, -0.2) is 239 Å². The summed E-state index contributed by atoms with van der Waals surface area (Å²) < 4.78 is 5.34. The van der Waals surface area contributed by atoms with Crippen LogP contribution >= 0.6 is 0 Å². The van der Waals surface area contributed by atoms with Crippen LogP contribution in [0.3, 0.4) is 0 Å². The molecular weight excluding hydrogens is 1240 g/mol. The van der Waals surface area contributed by atoms with Gasteiger partial charge in [-0.3, -0.25) is 52.7 Å². The molecule has 0 bridgehead atoms. The van der Waals surface area contributed by atoms with E-state index in [1.54, 1.807) is 53.7 Å². The molecule has 1 aliphatic rings. The topological polar surface area (TPSA) is 317 Å². The minimum Gasteiger partial charge on any atom is -0.445 e. The number of hydrogen-bond donors (Lipinski definition) is 6. The highest BCUT2D eigenvalue weighted by Gasteiger charge is 2.46. The van der Waals surface area contributed by atoms with E-state index in [-0.39, 0.29) is 75.3 Å². The average molecular weight is 1370 g/mol. The maximum Gasteiger partial charge on any atom is 0.407 e. The van der Waals surface area contributed by atoms with E-state index in [9.17, 15) is 43.5 Å². The molecule has 0 saturated carbocycles. The van der Waals surface area contributed by atoms with Gasteiger partial charge >= 0.3 is 6.09 Å². The summed E-state index contributed by atoms with van der Waals surface area (Å²) in [6, 6.07) is -5.16. The maximum absolute atomic E-state index is 15.4. The van der Waals surface area contributed by atoms with Gasteiger partial charge in [-0.15, -0.1) is 0 Å². The summed E-state index contributed by atoms with van der Waals surface area (Å²) >= 11 is 0. The molecule has 12 atom stereocenters. The quantitative estimate of drug-likeness (QED) is 0.104. The summed E-state index contributed by atoms with van der Waals surface area (Å²) in [5.41, 5.74) is 1.95. The van der Waals surface area contributed by atoms with E-state index in [2.05, 4.69) is 26.6 Å². The molecule has 1 aromatic carbocycles. The van der Waals surface area contributed by atoms with Gasteiger partial charge in [0.1, 0.15) is 67.0 Å². The van der Waals surface area contributed by atoms with Gasteiger partial charge < -0.3 is 70.7 Å². The van der Waals surface area contributed by atoms with Crippen LogP contribution in [0.15, 0.2) is 36.4 Å². The lowest BCUT2D eigenvalue weighted by Gasteiger charge is -2.41. The number of amides is 12. The first kappa shape index (κ1) is 85.4. The number of alkyl carbamates (subject to hydrolysis) is 1. The van der Waals surface area contributed by atoms with Crippen LogP contribution in [0.2, 0.25) is 0 Å². The number of aryl methyl sites for hydroxylation is 1. The second kappa shape index (κ2) is 39.7. The molecule has 0 spiro atoms. The van der Waals surface area contributed by atoms with Gasteiger partial charge in [0.05, 0.1) is 12.6 Å². The van der Waals surface area contributed by atoms with Crippen molar-refractivity contribution in [1.29, 1.82) is 0 Å². The summed E-state index contributed by atoms with van der Waals surface area (Å²) in [6.45, 7) is 29.3. The largest absolute Gasteiger partial charge is 0.445 e. The number of nitrogens with zero attached hydrogens (tertiary/aromatic N) is 7. The first-order valence-corrected chi connectivity index (χ1v) is 34.4. The minimum atomic E-state index is -1.73. The Morgan fingerprint density at radius 1 is 0.526 bits per heavy atom. The van der Waals surface area contributed by atoms with Gasteiger partial charge in [0.2, 0.25) is 65.0 Å². The van der Waals surface area contributed by atoms with Crippen molar-refractivity contribution >= 4 is 71.1 Å². The van der Waals surface area contributed by atoms with Crippen molar-refractivity contribution in [3.8, 4) is 0 Å². The van der Waals surface area contributed by atoms with Crippen molar-refractivity contribution in [3.63, 3.8) is 0 Å². The second-order valence-corrected chi connectivity index (χ2v) is 28.9. The Hall–Kier alpha value is -7.64. The zero-order valence-electron chi connectivity index (χ0n) is 62.6. The monoisotopic (exact) mass is 1360 g/mol. The fraction of sp³-hybridized carbons (Fsp3) is 0.718. The molecule has 1 saturated heterocycles. The highest BCUT2D eigenvalue weighted by atomic mass is 16.5. The molecule has 0 aliphatic carbocycles. The van der Waals surface area contributed by atoms with Crippen LogP contribution in [0.4, 0.5) is 4.79 Å². The van der Waals surface area contributed by atoms with E-state index >= 15 is 19.2 Å². The van der Waals surface area contributed by atoms with Gasteiger partial charge in [0.25, 0.3) is 0 Å². The minimum absolute atomic E-state index is 0.0299. The van der Waals surface area contributed by atoms with E-state index in [1.807, 2.05) is 86.6 Å². The number of aliphatic hydroxyl groups excluding tert-OH is 1. The maximum atomic E-state index is 15.4. The molecule has 1 heterocycles. The normalized spacial score (nSPS) is 24.9. The van der Waals surface area contributed by atoms with Crippen molar-refractivity contribution in [2.45, 2.75) is 229 Å². The lowest BCUT2D eigenvalue weighted by Crippen LogP contribution is -2.63. The molecule has 548 valence electrons. The second-order valence-electron chi connectivity index (χ2n) is 28.9. The Labute approximate surface area is 577 Å². The average Bonchev–Trinajstić information content (AvgIpc) is 0.896. The van der Waals surface area contributed by atoms with Crippen LogP contribution < -0.4 is 26.6 Å². The van der Waals surface area contributed by atoms with E-state index in [0.717, 1.165) is 20.9 Å². The van der Waals surface area contributed by atoms with Crippen molar-refractivity contribution in [2.75, 3.05) is 62.5 Å². The number of rotatable bonds is 19. The molecule has 2 rings (SSSR count). The number of carbonyl (C=O) groups excluding carboxylic acids is 12. The van der Waals surface area contributed by atoms with Crippen molar-refractivity contribution < 1.29 is 67.4 Å². The molecule has 0 aromatic heterocycles. The molecule has 1 aromatic rings. The number of likely N-dealkylation sites (N-methyl/N-ethyl adjacent to an activating group) is 7. The number of allylic oxidation sites excluding steroid dienone is 1. The van der Waals surface area contributed by atoms with E-state index in [0.29, 0.717) is 0 Å². The highest BCUT2D eigenvalue weighted by molar-refractivity contribution is 5.99.